The Bertz CT molecular complexity index is 567. The molecular formula is C13H15F3N4O. The largest absolute Gasteiger partial charge is 0.417 e. The van der Waals surface area contributed by atoms with Crippen molar-refractivity contribution in [2.75, 3.05) is 5.32 Å². The maximum Gasteiger partial charge on any atom is 0.417 e. The third-order valence-corrected chi connectivity index (χ3v) is 3.31. The van der Waals surface area contributed by atoms with Crippen LogP contribution >= 0.6 is 0 Å². The fourth-order valence-electron chi connectivity index (χ4n) is 2.00. The van der Waals surface area contributed by atoms with Gasteiger partial charge in [-0.05, 0) is 37.5 Å². The molecule has 2 amide bonds. The van der Waals surface area contributed by atoms with Gasteiger partial charge in [-0.25, -0.2) is 4.79 Å². The Kier molecular flexibility index (Phi) is 4.06. The first kappa shape index (κ1) is 15.1. The van der Waals surface area contributed by atoms with Crippen molar-refractivity contribution in [2.45, 2.75) is 31.5 Å². The van der Waals surface area contributed by atoms with Crippen molar-refractivity contribution >= 4 is 17.6 Å². The van der Waals surface area contributed by atoms with Gasteiger partial charge in [0, 0.05) is 17.3 Å². The van der Waals surface area contributed by atoms with Crippen LogP contribution < -0.4 is 16.4 Å². The summed E-state index contributed by atoms with van der Waals surface area (Å²) in [5.74, 6) is -0.673. The van der Waals surface area contributed by atoms with E-state index in [0.717, 1.165) is 31.4 Å². The Morgan fingerprint density at radius 3 is 2.48 bits per heavy atom. The molecule has 5 nitrogen and oxygen atoms in total. The molecular weight excluding hydrogens is 285 g/mol. The zero-order valence-corrected chi connectivity index (χ0v) is 11.1. The Balaban J connectivity index is 2.17. The number of hydrogen-bond acceptors (Lipinski definition) is 2. The normalized spacial score (nSPS) is 15.2. The lowest BCUT2D eigenvalue weighted by Gasteiger charge is -2.26. The number of carbonyl (C=O) groups is 1. The molecule has 0 saturated heterocycles. The van der Waals surface area contributed by atoms with Gasteiger partial charge >= 0.3 is 12.2 Å². The smallest absolute Gasteiger partial charge is 0.384 e. The summed E-state index contributed by atoms with van der Waals surface area (Å²) in [6.45, 7) is 0. The Morgan fingerprint density at radius 2 is 2.00 bits per heavy atom. The fraction of sp³-hybridized carbons (Fsp3) is 0.385. The number of rotatable bonds is 3. The van der Waals surface area contributed by atoms with Gasteiger partial charge in [-0.1, -0.05) is 0 Å². The molecule has 0 atom stereocenters. The van der Waals surface area contributed by atoms with Gasteiger partial charge in [0.25, 0.3) is 0 Å². The van der Waals surface area contributed by atoms with Gasteiger partial charge in [-0.2, -0.15) is 13.2 Å². The molecule has 0 bridgehead atoms. The van der Waals surface area contributed by atoms with Crippen LogP contribution in [0.15, 0.2) is 18.2 Å². The number of anilines is 1. The summed E-state index contributed by atoms with van der Waals surface area (Å²) in [4.78, 5) is 11.6. The van der Waals surface area contributed by atoms with E-state index in [4.69, 9.17) is 11.1 Å². The van der Waals surface area contributed by atoms with Crippen molar-refractivity contribution in [2.24, 2.45) is 5.73 Å². The molecule has 0 aliphatic heterocycles. The zero-order chi connectivity index (χ0) is 15.6. The van der Waals surface area contributed by atoms with Crippen molar-refractivity contribution in [3.05, 3.63) is 29.3 Å². The lowest BCUT2D eigenvalue weighted by Crippen LogP contribution is -2.41. The number of hydrogen-bond donors (Lipinski definition) is 4. The highest BCUT2D eigenvalue weighted by Crippen LogP contribution is 2.33. The van der Waals surface area contributed by atoms with Crippen molar-refractivity contribution in [3.8, 4) is 0 Å². The fourth-order valence-corrected chi connectivity index (χ4v) is 2.00. The van der Waals surface area contributed by atoms with Crippen LogP contribution in [-0.2, 0) is 6.18 Å². The highest BCUT2D eigenvalue weighted by Gasteiger charge is 2.34. The summed E-state index contributed by atoms with van der Waals surface area (Å²) < 4.78 is 38.8. The Morgan fingerprint density at radius 1 is 1.33 bits per heavy atom. The van der Waals surface area contributed by atoms with Crippen molar-refractivity contribution < 1.29 is 18.0 Å². The van der Waals surface area contributed by atoms with E-state index in [-0.39, 0.29) is 11.7 Å². The average molecular weight is 300 g/mol. The van der Waals surface area contributed by atoms with Crippen LogP contribution in [0.2, 0.25) is 0 Å². The van der Waals surface area contributed by atoms with Gasteiger partial charge in [-0.3, -0.25) is 5.41 Å². The van der Waals surface area contributed by atoms with E-state index < -0.39 is 29.2 Å². The van der Waals surface area contributed by atoms with Crippen molar-refractivity contribution in [3.63, 3.8) is 0 Å². The first-order valence-corrected chi connectivity index (χ1v) is 6.40. The molecule has 1 aromatic carbocycles. The summed E-state index contributed by atoms with van der Waals surface area (Å²) in [5.41, 5.74) is 3.69. The monoisotopic (exact) mass is 300 g/mol. The van der Waals surface area contributed by atoms with Gasteiger partial charge < -0.3 is 16.4 Å². The molecule has 0 aromatic heterocycles. The molecule has 0 spiro atoms. The molecule has 1 aromatic rings. The van der Waals surface area contributed by atoms with Crippen LogP contribution in [0, 0.1) is 5.41 Å². The minimum atomic E-state index is -4.65. The van der Waals surface area contributed by atoms with Crippen LogP contribution in [0.25, 0.3) is 0 Å². The highest BCUT2D eigenvalue weighted by atomic mass is 19.4. The molecule has 1 fully saturated rings. The van der Waals surface area contributed by atoms with Gasteiger partial charge in [0.2, 0.25) is 0 Å². The highest BCUT2D eigenvalue weighted by molar-refractivity contribution is 5.98. The molecule has 1 saturated carbocycles. The quantitative estimate of drug-likeness (QED) is 0.510. The number of carbonyl (C=O) groups excluding carboxylic acids is 1. The Labute approximate surface area is 119 Å². The maximum absolute atomic E-state index is 12.9. The molecule has 2 rings (SSSR count). The van der Waals surface area contributed by atoms with E-state index in [1.807, 2.05) is 0 Å². The summed E-state index contributed by atoms with van der Waals surface area (Å²) in [6.07, 6.45) is -1.85. The molecule has 8 heteroatoms. The first-order valence-electron chi connectivity index (χ1n) is 6.40. The third kappa shape index (κ3) is 3.65. The van der Waals surface area contributed by atoms with E-state index in [2.05, 4.69) is 10.6 Å². The van der Waals surface area contributed by atoms with Gasteiger partial charge in [0.1, 0.15) is 5.84 Å². The topological polar surface area (TPSA) is 91.0 Å². The molecule has 21 heavy (non-hydrogen) atoms. The molecule has 1 aliphatic carbocycles. The number of alkyl halides is 3. The number of amidine groups is 1. The Hall–Kier alpha value is -2.25. The number of halogens is 3. The number of benzene rings is 1. The van der Waals surface area contributed by atoms with Crippen molar-refractivity contribution in [1.29, 1.82) is 5.41 Å². The van der Waals surface area contributed by atoms with E-state index in [1.165, 1.54) is 6.07 Å². The maximum atomic E-state index is 12.9. The number of nitrogen functional groups attached to an aromatic ring is 1. The lowest BCUT2D eigenvalue weighted by molar-refractivity contribution is -0.137. The van der Waals surface area contributed by atoms with Gasteiger partial charge in [-0.15, -0.1) is 0 Å². The van der Waals surface area contributed by atoms with Crippen LogP contribution in [-0.4, -0.2) is 17.9 Å². The SMILES string of the molecule is N=C(N)c1ccc(NC(=O)NC2CCC2)cc1C(F)(F)F. The molecule has 0 unspecified atom stereocenters. The predicted octanol–water partition coefficient (Wildman–Crippen LogP) is 2.66. The van der Waals surface area contributed by atoms with E-state index >= 15 is 0 Å². The molecule has 5 N–H and O–H groups in total. The summed E-state index contributed by atoms with van der Waals surface area (Å²) in [7, 11) is 0. The number of amides is 2. The van der Waals surface area contributed by atoms with Crippen LogP contribution in [0.3, 0.4) is 0 Å². The molecule has 0 heterocycles. The summed E-state index contributed by atoms with van der Waals surface area (Å²) in [5, 5.41) is 12.2. The van der Waals surface area contributed by atoms with E-state index in [0.29, 0.717) is 0 Å². The third-order valence-electron chi connectivity index (χ3n) is 3.31. The second-order valence-corrected chi connectivity index (χ2v) is 4.90. The molecule has 114 valence electrons. The minimum absolute atomic E-state index is 0.00384. The van der Waals surface area contributed by atoms with E-state index in [9.17, 15) is 18.0 Å². The van der Waals surface area contributed by atoms with Crippen LogP contribution in [0.1, 0.15) is 30.4 Å². The van der Waals surface area contributed by atoms with Crippen LogP contribution in [0.4, 0.5) is 23.7 Å². The van der Waals surface area contributed by atoms with Crippen molar-refractivity contribution in [1.82, 2.24) is 5.32 Å². The average Bonchev–Trinajstić information content (AvgIpc) is 2.32. The van der Waals surface area contributed by atoms with Gasteiger partial charge in [0.15, 0.2) is 0 Å². The second kappa shape index (κ2) is 5.63. The van der Waals surface area contributed by atoms with Crippen LogP contribution in [0.5, 0.6) is 0 Å². The predicted molar refractivity (Wildman–Crippen MR) is 72.3 cm³/mol. The number of nitrogens with two attached hydrogens (primary N) is 1. The second-order valence-electron chi connectivity index (χ2n) is 4.90. The molecule has 1 aliphatic rings. The number of nitrogens with one attached hydrogen (secondary N) is 3. The summed E-state index contributed by atoms with van der Waals surface area (Å²) in [6, 6.07) is 2.68. The van der Waals surface area contributed by atoms with Gasteiger partial charge in [0.05, 0.1) is 5.56 Å². The number of urea groups is 1. The lowest BCUT2D eigenvalue weighted by atomic mass is 9.93. The molecule has 0 radical (unpaired) electrons. The van der Waals surface area contributed by atoms with E-state index in [1.54, 1.807) is 0 Å². The standard InChI is InChI=1S/C13H15F3N4O/c14-13(15,16)10-6-8(4-5-9(10)11(17)18)20-12(21)19-7-2-1-3-7/h4-7H,1-3H2,(H3,17,18)(H2,19,20,21). The zero-order valence-electron chi connectivity index (χ0n) is 11.1. The first-order chi connectivity index (χ1) is 9.77. The minimum Gasteiger partial charge on any atom is -0.384 e. The summed E-state index contributed by atoms with van der Waals surface area (Å²) >= 11 is 0.